The van der Waals surface area contributed by atoms with Gasteiger partial charge in [-0.05, 0) is 26.1 Å². The highest BCUT2D eigenvalue weighted by molar-refractivity contribution is 5.77. The number of esters is 1. The largest absolute Gasteiger partial charge is 0.468 e. The van der Waals surface area contributed by atoms with E-state index < -0.39 is 0 Å². The highest BCUT2D eigenvalue weighted by Crippen LogP contribution is 2.26. The monoisotopic (exact) mass is 379 g/mol. The van der Waals surface area contributed by atoms with E-state index in [1.165, 1.54) is 7.11 Å². The van der Waals surface area contributed by atoms with Crippen molar-refractivity contribution in [2.75, 3.05) is 27.7 Å². The second kappa shape index (κ2) is 7.69. The standard InChI is InChI=1S/C21H25N5O2/c1-24(2)17-9-19(21(27)28-3)25(14-17)12-15-10-22-20-18(11-23-26(20)13-15)16-7-5-4-6-8-16/h4-8,10-11,13,17,19H,9,12,14H2,1-3H3/t17-,19+/m1/s1. The number of ether oxygens (including phenoxy) is 1. The van der Waals surface area contributed by atoms with Gasteiger partial charge in [-0.3, -0.25) is 9.69 Å². The fourth-order valence-corrected chi connectivity index (χ4v) is 3.86. The van der Waals surface area contributed by atoms with Gasteiger partial charge in [-0.2, -0.15) is 5.10 Å². The predicted octanol–water partition coefficient (Wildman–Crippen LogP) is 2.07. The number of fused-ring (bicyclic) bond motifs is 1. The lowest BCUT2D eigenvalue weighted by Crippen LogP contribution is -2.36. The van der Waals surface area contributed by atoms with E-state index in [-0.39, 0.29) is 12.0 Å². The zero-order chi connectivity index (χ0) is 19.7. The van der Waals surface area contributed by atoms with Gasteiger partial charge in [-0.1, -0.05) is 30.3 Å². The molecule has 3 heterocycles. The number of likely N-dealkylation sites (tertiary alicyclic amines) is 1. The van der Waals surface area contributed by atoms with E-state index in [0.717, 1.165) is 35.3 Å². The average Bonchev–Trinajstić information content (AvgIpc) is 3.32. The van der Waals surface area contributed by atoms with Crippen LogP contribution in [0.1, 0.15) is 12.0 Å². The maximum absolute atomic E-state index is 12.2. The van der Waals surface area contributed by atoms with Crippen molar-refractivity contribution in [2.24, 2.45) is 0 Å². The lowest BCUT2D eigenvalue weighted by atomic mass is 10.1. The SMILES string of the molecule is COC(=O)[C@@H]1C[C@@H](N(C)C)CN1Cc1cnc2c(-c3ccccc3)cnn2c1. The number of carbonyl (C=O) groups is 1. The molecule has 0 saturated carbocycles. The van der Waals surface area contributed by atoms with Gasteiger partial charge in [0.25, 0.3) is 0 Å². The molecule has 28 heavy (non-hydrogen) atoms. The minimum absolute atomic E-state index is 0.177. The van der Waals surface area contributed by atoms with Crippen LogP contribution in [0.3, 0.4) is 0 Å². The number of rotatable bonds is 5. The van der Waals surface area contributed by atoms with E-state index in [1.807, 2.05) is 55.4 Å². The average molecular weight is 379 g/mol. The van der Waals surface area contributed by atoms with Gasteiger partial charge in [0.2, 0.25) is 0 Å². The molecule has 4 rings (SSSR count). The third kappa shape index (κ3) is 3.50. The summed E-state index contributed by atoms with van der Waals surface area (Å²) in [5, 5.41) is 4.48. The molecule has 1 aliphatic rings. The first-order valence-corrected chi connectivity index (χ1v) is 9.43. The number of likely N-dealkylation sites (N-methyl/N-ethyl adjacent to an activating group) is 1. The van der Waals surface area contributed by atoms with Gasteiger partial charge in [0.05, 0.1) is 13.3 Å². The van der Waals surface area contributed by atoms with Crippen molar-refractivity contribution >= 4 is 11.6 Å². The Bertz CT molecular complexity index is 969. The number of nitrogens with zero attached hydrogens (tertiary/aromatic N) is 5. The first-order valence-electron chi connectivity index (χ1n) is 9.43. The van der Waals surface area contributed by atoms with Crippen LogP contribution in [0.15, 0.2) is 48.9 Å². The van der Waals surface area contributed by atoms with Gasteiger partial charge in [-0.15, -0.1) is 0 Å². The Morgan fingerprint density at radius 3 is 2.75 bits per heavy atom. The number of hydrogen-bond acceptors (Lipinski definition) is 6. The van der Waals surface area contributed by atoms with Crippen molar-refractivity contribution in [2.45, 2.75) is 25.0 Å². The highest BCUT2D eigenvalue weighted by Gasteiger charge is 2.38. The Hall–Kier alpha value is -2.77. The highest BCUT2D eigenvalue weighted by atomic mass is 16.5. The normalized spacial score (nSPS) is 20.1. The van der Waals surface area contributed by atoms with Crippen molar-refractivity contribution < 1.29 is 9.53 Å². The predicted molar refractivity (Wildman–Crippen MR) is 107 cm³/mol. The zero-order valence-corrected chi connectivity index (χ0v) is 16.4. The second-order valence-corrected chi connectivity index (χ2v) is 7.48. The Kier molecular flexibility index (Phi) is 5.11. The summed E-state index contributed by atoms with van der Waals surface area (Å²) >= 11 is 0. The molecule has 0 aliphatic carbocycles. The van der Waals surface area contributed by atoms with Crippen molar-refractivity contribution in [3.8, 4) is 11.1 Å². The molecule has 0 N–H and O–H groups in total. The molecular weight excluding hydrogens is 354 g/mol. The van der Waals surface area contributed by atoms with Crippen LogP contribution in [0.4, 0.5) is 0 Å². The summed E-state index contributed by atoms with van der Waals surface area (Å²) in [5.41, 5.74) is 3.95. The molecule has 7 heteroatoms. The maximum Gasteiger partial charge on any atom is 0.323 e. The van der Waals surface area contributed by atoms with Crippen molar-refractivity contribution in [3.05, 3.63) is 54.5 Å². The van der Waals surface area contributed by atoms with E-state index in [2.05, 4.69) is 32.0 Å². The molecule has 1 saturated heterocycles. The van der Waals surface area contributed by atoms with Gasteiger partial charge in [0.1, 0.15) is 6.04 Å². The third-order valence-electron chi connectivity index (χ3n) is 5.47. The molecule has 7 nitrogen and oxygen atoms in total. The molecule has 0 amide bonds. The Morgan fingerprint density at radius 1 is 1.25 bits per heavy atom. The lowest BCUT2D eigenvalue weighted by Gasteiger charge is -2.22. The molecule has 0 unspecified atom stereocenters. The van der Waals surface area contributed by atoms with Gasteiger partial charge in [-0.25, -0.2) is 9.50 Å². The fourth-order valence-electron chi connectivity index (χ4n) is 3.86. The maximum atomic E-state index is 12.2. The van der Waals surface area contributed by atoms with Crippen molar-refractivity contribution in [1.82, 2.24) is 24.4 Å². The van der Waals surface area contributed by atoms with E-state index in [1.54, 1.807) is 0 Å². The Morgan fingerprint density at radius 2 is 2.04 bits per heavy atom. The van der Waals surface area contributed by atoms with Crippen molar-refractivity contribution in [3.63, 3.8) is 0 Å². The fraction of sp³-hybridized carbons (Fsp3) is 0.381. The molecule has 3 aromatic rings. The van der Waals surface area contributed by atoms with Crippen LogP contribution in [-0.2, 0) is 16.1 Å². The molecular formula is C21H25N5O2. The van der Waals surface area contributed by atoms with Gasteiger partial charge in [0, 0.05) is 42.7 Å². The Balaban J connectivity index is 1.58. The van der Waals surface area contributed by atoms with E-state index in [4.69, 9.17) is 4.74 Å². The van der Waals surface area contributed by atoms with Crippen LogP contribution >= 0.6 is 0 Å². The molecule has 146 valence electrons. The Labute approximate surface area is 164 Å². The number of hydrogen-bond donors (Lipinski definition) is 0. The smallest absolute Gasteiger partial charge is 0.323 e. The quantitative estimate of drug-likeness (QED) is 0.633. The summed E-state index contributed by atoms with van der Waals surface area (Å²) in [6, 6.07) is 10.2. The van der Waals surface area contributed by atoms with Crippen LogP contribution in [0.5, 0.6) is 0 Å². The second-order valence-electron chi connectivity index (χ2n) is 7.48. The minimum Gasteiger partial charge on any atom is -0.468 e. The first-order chi connectivity index (χ1) is 13.6. The summed E-state index contributed by atoms with van der Waals surface area (Å²) in [7, 11) is 5.54. The summed E-state index contributed by atoms with van der Waals surface area (Å²) in [6.07, 6.45) is 6.48. The molecule has 0 radical (unpaired) electrons. The zero-order valence-electron chi connectivity index (χ0n) is 16.4. The number of aromatic nitrogens is 3. The van der Waals surface area contributed by atoms with E-state index in [9.17, 15) is 4.79 Å². The van der Waals surface area contributed by atoms with Crippen LogP contribution < -0.4 is 0 Å². The van der Waals surface area contributed by atoms with E-state index in [0.29, 0.717) is 12.6 Å². The summed E-state index contributed by atoms with van der Waals surface area (Å²) in [6.45, 7) is 1.45. The molecule has 1 fully saturated rings. The molecule has 2 aromatic heterocycles. The molecule has 2 atom stereocenters. The van der Waals surface area contributed by atoms with Crippen LogP contribution in [0.2, 0.25) is 0 Å². The van der Waals surface area contributed by atoms with Crippen LogP contribution in [0.25, 0.3) is 16.8 Å². The van der Waals surface area contributed by atoms with Gasteiger partial charge in [0.15, 0.2) is 5.65 Å². The lowest BCUT2D eigenvalue weighted by molar-refractivity contribution is -0.146. The number of benzene rings is 1. The van der Waals surface area contributed by atoms with Gasteiger partial charge < -0.3 is 9.64 Å². The summed E-state index contributed by atoms with van der Waals surface area (Å²) in [5.74, 6) is -0.177. The topological polar surface area (TPSA) is 63.0 Å². The van der Waals surface area contributed by atoms with Crippen LogP contribution in [-0.4, -0.2) is 70.2 Å². The van der Waals surface area contributed by atoms with E-state index >= 15 is 0 Å². The molecule has 1 aliphatic heterocycles. The molecule has 1 aromatic carbocycles. The first kappa shape index (κ1) is 18.6. The number of carbonyl (C=O) groups excluding carboxylic acids is 1. The van der Waals surface area contributed by atoms with Crippen LogP contribution in [0, 0.1) is 0 Å². The number of methoxy groups -OCH3 is 1. The molecule has 0 bridgehead atoms. The van der Waals surface area contributed by atoms with Gasteiger partial charge >= 0.3 is 5.97 Å². The summed E-state index contributed by atoms with van der Waals surface area (Å²) in [4.78, 5) is 21.2. The minimum atomic E-state index is -0.231. The molecule has 0 spiro atoms. The van der Waals surface area contributed by atoms with Crippen molar-refractivity contribution in [1.29, 1.82) is 0 Å². The summed E-state index contributed by atoms with van der Waals surface area (Å²) < 4.78 is 6.83. The third-order valence-corrected chi connectivity index (χ3v) is 5.47.